The molecule has 0 aliphatic carbocycles. The molecule has 0 heterocycles. The highest BCUT2D eigenvalue weighted by Gasteiger charge is 2.04. The highest BCUT2D eigenvalue weighted by molar-refractivity contribution is 6.17. The van der Waals surface area contributed by atoms with Crippen LogP contribution in [0.1, 0.15) is 26.7 Å². The lowest BCUT2D eigenvalue weighted by atomic mass is 10.3. The molecule has 2 heteroatoms. The molecule has 1 atom stereocenters. The second kappa shape index (κ2) is 5.99. The van der Waals surface area contributed by atoms with Crippen LogP contribution in [-0.4, -0.2) is 25.5 Å². The summed E-state index contributed by atoms with van der Waals surface area (Å²) in [6, 6.07) is 0.746. The maximum atomic E-state index is 5.56. The van der Waals surface area contributed by atoms with Crippen LogP contribution in [0.4, 0.5) is 0 Å². The van der Waals surface area contributed by atoms with Gasteiger partial charge in [-0.25, -0.2) is 0 Å². The predicted molar refractivity (Wildman–Crippen MR) is 46.8 cm³/mol. The Kier molecular flexibility index (Phi) is 6.14. The van der Waals surface area contributed by atoms with E-state index >= 15 is 0 Å². The Balaban J connectivity index is 3.13. The maximum absolute atomic E-state index is 5.56. The molecule has 0 aromatic carbocycles. The monoisotopic (exact) mass is 164 g/mol. The van der Waals surface area contributed by atoms with Gasteiger partial charge in [-0.2, -0.15) is 0 Å². The molecule has 0 aromatic heterocycles. The van der Waals surface area contributed by atoms with E-state index in [4.69, 9.17) is 11.6 Å². The number of hydrogen-bond acceptors (Lipinski definition) is 0. The van der Waals surface area contributed by atoms with Crippen molar-refractivity contribution < 1.29 is 4.90 Å². The number of quaternary nitrogens is 1. The fourth-order valence-corrected chi connectivity index (χ4v) is 0.976. The largest absolute Gasteiger partial charge is 0.335 e. The molecule has 1 nitrogen and oxygen atoms in total. The van der Waals surface area contributed by atoms with Gasteiger partial charge in [0, 0.05) is 5.88 Å². The van der Waals surface area contributed by atoms with Crippen molar-refractivity contribution in [3.8, 4) is 0 Å². The van der Waals surface area contributed by atoms with Gasteiger partial charge in [0.05, 0.1) is 19.6 Å². The molecule has 0 bridgehead atoms. The minimum absolute atomic E-state index is 0.746. The molecule has 0 radical (unpaired) electrons. The molecule has 0 aliphatic heterocycles. The lowest BCUT2D eigenvalue weighted by Gasteiger charge is -2.17. The van der Waals surface area contributed by atoms with Crippen molar-refractivity contribution >= 4 is 11.6 Å². The first-order valence-corrected chi connectivity index (χ1v) is 4.60. The number of halogens is 1. The van der Waals surface area contributed by atoms with E-state index in [0.29, 0.717) is 0 Å². The molecular formula is C8H19ClN+. The average Bonchev–Trinajstić information content (AvgIpc) is 1.88. The van der Waals surface area contributed by atoms with Gasteiger partial charge in [0.25, 0.3) is 0 Å². The Bertz CT molecular complexity index is 73.7. The summed E-state index contributed by atoms with van der Waals surface area (Å²) in [6.07, 6.45) is 2.42. The quantitative estimate of drug-likeness (QED) is 0.456. The van der Waals surface area contributed by atoms with Crippen LogP contribution in [0.3, 0.4) is 0 Å². The van der Waals surface area contributed by atoms with Gasteiger partial charge in [0.2, 0.25) is 0 Å². The van der Waals surface area contributed by atoms with Gasteiger partial charge in [0.1, 0.15) is 0 Å². The third-order valence-corrected chi connectivity index (χ3v) is 2.21. The summed E-state index contributed by atoms with van der Waals surface area (Å²) in [7, 11) is 2.24. The van der Waals surface area contributed by atoms with E-state index in [-0.39, 0.29) is 0 Å². The van der Waals surface area contributed by atoms with Crippen molar-refractivity contribution in [3.05, 3.63) is 0 Å². The van der Waals surface area contributed by atoms with Crippen LogP contribution in [0.2, 0.25) is 0 Å². The summed E-state index contributed by atoms with van der Waals surface area (Å²) in [6.45, 7) is 5.75. The molecule has 1 unspecified atom stereocenters. The fraction of sp³-hybridized carbons (Fsp3) is 1.00. The Labute approximate surface area is 69.4 Å². The predicted octanol–water partition coefficient (Wildman–Crippen LogP) is 0.928. The second-order valence-corrected chi connectivity index (χ2v) is 3.53. The summed E-state index contributed by atoms with van der Waals surface area (Å²) in [5, 5.41) is 0. The van der Waals surface area contributed by atoms with E-state index in [1.54, 1.807) is 4.90 Å². The number of unbranched alkanes of at least 4 members (excludes halogenated alkanes) is 1. The van der Waals surface area contributed by atoms with Crippen LogP contribution in [-0.2, 0) is 0 Å². The van der Waals surface area contributed by atoms with Gasteiger partial charge in [-0.3, -0.25) is 0 Å². The van der Waals surface area contributed by atoms with Crippen LogP contribution in [0.25, 0.3) is 0 Å². The van der Waals surface area contributed by atoms with Crippen molar-refractivity contribution in [2.24, 2.45) is 0 Å². The van der Waals surface area contributed by atoms with Crippen LogP contribution in [0.5, 0.6) is 0 Å². The minimum atomic E-state index is 0.746. The molecule has 1 N–H and O–H groups in total. The molecule has 0 rings (SSSR count). The summed E-state index contributed by atoms with van der Waals surface area (Å²) >= 11 is 5.56. The first kappa shape index (κ1) is 10.2. The zero-order valence-corrected chi connectivity index (χ0v) is 8.04. The fourth-order valence-electron chi connectivity index (χ4n) is 0.787. The summed E-state index contributed by atoms with van der Waals surface area (Å²) in [4.78, 5) is 1.60. The number of rotatable bonds is 5. The summed E-state index contributed by atoms with van der Waals surface area (Å²) in [5.74, 6) is 0.811. The van der Waals surface area contributed by atoms with Crippen LogP contribution < -0.4 is 4.90 Å². The highest BCUT2D eigenvalue weighted by Crippen LogP contribution is 1.87. The summed E-state index contributed by atoms with van der Waals surface area (Å²) in [5.41, 5.74) is 0. The molecule has 62 valence electrons. The van der Waals surface area contributed by atoms with E-state index in [1.165, 1.54) is 13.0 Å². The van der Waals surface area contributed by atoms with Gasteiger partial charge in [-0.05, 0) is 26.7 Å². The van der Waals surface area contributed by atoms with E-state index in [0.717, 1.165) is 18.3 Å². The lowest BCUT2D eigenvalue weighted by Crippen LogP contribution is -3.12. The van der Waals surface area contributed by atoms with Crippen LogP contribution in [0.15, 0.2) is 0 Å². The zero-order chi connectivity index (χ0) is 7.98. The number of hydrogen-bond donors (Lipinski definition) is 1. The molecular weight excluding hydrogens is 146 g/mol. The lowest BCUT2D eigenvalue weighted by molar-refractivity contribution is -0.901. The number of nitrogens with one attached hydrogen (secondary N) is 1. The van der Waals surface area contributed by atoms with Crippen molar-refractivity contribution in [1.82, 2.24) is 0 Å². The zero-order valence-electron chi connectivity index (χ0n) is 7.28. The molecule has 10 heavy (non-hydrogen) atoms. The first-order valence-electron chi connectivity index (χ1n) is 4.06. The normalized spacial score (nSPS) is 14.1. The Morgan fingerprint density at radius 3 is 2.30 bits per heavy atom. The van der Waals surface area contributed by atoms with Crippen LogP contribution in [0, 0.1) is 0 Å². The van der Waals surface area contributed by atoms with Gasteiger partial charge in [-0.15, -0.1) is 11.6 Å². The molecule has 0 saturated heterocycles. The highest BCUT2D eigenvalue weighted by atomic mass is 35.5. The van der Waals surface area contributed by atoms with Gasteiger partial charge >= 0.3 is 0 Å². The number of alkyl halides is 1. The molecule has 0 spiro atoms. The Hall–Kier alpha value is 0.250. The maximum Gasteiger partial charge on any atom is 0.0815 e. The van der Waals surface area contributed by atoms with Crippen molar-refractivity contribution in [3.63, 3.8) is 0 Å². The van der Waals surface area contributed by atoms with E-state index < -0.39 is 0 Å². The van der Waals surface area contributed by atoms with Crippen molar-refractivity contribution in [2.75, 3.05) is 19.5 Å². The molecule has 0 aliphatic rings. The first-order chi connectivity index (χ1) is 4.68. The Morgan fingerprint density at radius 1 is 1.30 bits per heavy atom. The minimum Gasteiger partial charge on any atom is -0.335 e. The molecule has 0 aromatic rings. The Morgan fingerprint density at radius 2 is 1.90 bits per heavy atom. The van der Waals surface area contributed by atoms with Gasteiger partial charge < -0.3 is 4.90 Å². The van der Waals surface area contributed by atoms with Gasteiger partial charge in [-0.1, -0.05) is 0 Å². The van der Waals surface area contributed by atoms with E-state index in [9.17, 15) is 0 Å². The third-order valence-electron chi connectivity index (χ3n) is 1.94. The summed E-state index contributed by atoms with van der Waals surface area (Å²) < 4.78 is 0. The molecule has 0 saturated carbocycles. The average molecular weight is 165 g/mol. The molecule has 0 fully saturated rings. The SMILES string of the molecule is CC(C)[NH+](C)CCCCCl. The van der Waals surface area contributed by atoms with Crippen molar-refractivity contribution in [2.45, 2.75) is 32.7 Å². The standard InChI is InChI=1S/C8H18ClN/c1-8(2)10(3)7-5-4-6-9/h8H,4-7H2,1-3H3/p+1. The van der Waals surface area contributed by atoms with Crippen LogP contribution >= 0.6 is 11.6 Å². The molecule has 0 amide bonds. The van der Waals surface area contributed by atoms with E-state index in [1.807, 2.05) is 0 Å². The van der Waals surface area contributed by atoms with E-state index in [2.05, 4.69) is 20.9 Å². The van der Waals surface area contributed by atoms with Crippen molar-refractivity contribution in [1.29, 1.82) is 0 Å². The smallest absolute Gasteiger partial charge is 0.0815 e. The topological polar surface area (TPSA) is 4.44 Å². The second-order valence-electron chi connectivity index (χ2n) is 3.15. The third kappa shape index (κ3) is 5.07. The van der Waals surface area contributed by atoms with Gasteiger partial charge in [0.15, 0.2) is 0 Å².